The zero-order chi connectivity index (χ0) is 13.8. The van der Waals surface area contributed by atoms with Crippen LogP contribution in [-0.2, 0) is 0 Å². The van der Waals surface area contributed by atoms with Crippen molar-refractivity contribution in [3.63, 3.8) is 0 Å². The molecule has 0 saturated carbocycles. The summed E-state index contributed by atoms with van der Waals surface area (Å²) < 4.78 is 0. The van der Waals surface area contributed by atoms with Crippen LogP contribution in [0.15, 0.2) is 60.9 Å². The molecule has 0 radical (unpaired) electrons. The van der Waals surface area contributed by atoms with Crippen LogP contribution >= 0.6 is 24.8 Å². The maximum atomic E-state index is 4.55. The number of nitrogens with zero attached hydrogens (tertiary/aromatic N) is 3. The first-order valence-corrected chi connectivity index (χ1v) is 6.39. The fraction of sp³-hybridized carbons (Fsp3) is 0.0625. The Morgan fingerprint density at radius 1 is 0.773 bits per heavy atom. The van der Waals surface area contributed by atoms with Gasteiger partial charge in [0.1, 0.15) is 11.6 Å². The second-order valence-corrected chi connectivity index (χ2v) is 4.47. The molecule has 0 unspecified atom stereocenters. The van der Waals surface area contributed by atoms with Gasteiger partial charge in [-0.25, -0.2) is 9.97 Å². The van der Waals surface area contributed by atoms with E-state index in [1.165, 1.54) is 0 Å². The second kappa shape index (κ2) is 8.32. The summed E-state index contributed by atoms with van der Waals surface area (Å²) in [5, 5.41) is 3.20. The van der Waals surface area contributed by atoms with E-state index in [1.54, 1.807) is 12.4 Å². The standard InChI is InChI=1S/C16H14N4.2ClH/c1-12-8-10-18-16(11-12)20-15-7-4-6-14(19-15)13-5-2-3-9-17-13;;/h2-11H,1H3,(H,18,19,20);2*1H. The van der Waals surface area contributed by atoms with Gasteiger partial charge in [-0.3, -0.25) is 4.98 Å². The van der Waals surface area contributed by atoms with Crippen LogP contribution < -0.4 is 5.32 Å². The largest absolute Gasteiger partial charge is 0.325 e. The van der Waals surface area contributed by atoms with Gasteiger partial charge in [0.05, 0.1) is 11.4 Å². The van der Waals surface area contributed by atoms with Crippen LogP contribution in [0.2, 0.25) is 0 Å². The number of hydrogen-bond acceptors (Lipinski definition) is 4. The number of aromatic nitrogens is 3. The summed E-state index contributed by atoms with van der Waals surface area (Å²) in [7, 11) is 0. The smallest absolute Gasteiger partial charge is 0.132 e. The van der Waals surface area contributed by atoms with Gasteiger partial charge in [-0.1, -0.05) is 12.1 Å². The van der Waals surface area contributed by atoms with E-state index in [1.807, 2.05) is 55.5 Å². The third-order valence-corrected chi connectivity index (χ3v) is 2.85. The molecule has 3 rings (SSSR count). The van der Waals surface area contributed by atoms with Gasteiger partial charge >= 0.3 is 0 Å². The first-order valence-electron chi connectivity index (χ1n) is 6.39. The molecule has 0 aliphatic carbocycles. The van der Waals surface area contributed by atoms with E-state index >= 15 is 0 Å². The predicted molar refractivity (Wildman–Crippen MR) is 94.2 cm³/mol. The number of anilines is 2. The number of nitrogens with one attached hydrogen (secondary N) is 1. The van der Waals surface area contributed by atoms with Crippen molar-refractivity contribution in [1.29, 1.82) is 0 Å². The van der Waals surface area contributed by atoms with E-state index in [0.717, 1.165) is 28.6 Å². The molecule has 4 nitrogen and oxygen atoms in total. The van der Waals surface area contributed by atoms with Crippen molar-refractivity contribution in [2.24, 2.45) is 0 Å². The molecule has 0 amide bonds. The minimum atomic E-state index is 0. The van der Waals surface area contributed by atoms with Gasteiger partial charge in [-0.2, -0.15) is 0 Å². The van der Waals surface area contributed by atoms with Gasteiger partial charge in [-0.15, -0.1) is 24.8 Å². The predicted octanol–water partition coefficient (Wildman–Crippen LogP) is 4.43. The van der Waals surface area contributed by atoms with Gasteiger partial charge in [0.25, 0.3) is 0 Å². The Hall–Kier alpha value is -2.17. The lowest BCUT2D eigenvalue weighted by atomic mass is 10.2. The highest BCUT2D eigenvalue weighted by atomic mass is 35.5. The topological polar surface area (TPSA) is 50.7 Å². The van der Waals surface area contributed by atoms with Gasteiger partial charge in [0.15, 0.2) is 0 Å². The minimum Gasteiger partial charge on any atom is -0.325 e. The summed E-state index contributed by atoms with van der Waals surface area (Å²) in [4.78, 5) is 13.1. The summed E-state index contributed by atoms with van der Waals surface area (Å²) in [5.41, 5.74) is 2.85. The molecule has 114 valence electrons. The highest BCUT2D eigenvalue weighted by Crippen LogP contribution is 2.18. The fourth-order valence-electron chi connectivity index (χ4n) is 1.90. The van der Waals surface area contributed by atoms with E-state index in [4.69, 9.17) is 0 Å². The number of aryl methyl sites for hydroxylation is 1. The summed E-state index contributed by atoms with van der Waals surface area (Å²) in [6, 6.07) is 15.5. The Labute approximate surface area is 141 Å². The summed E-state index contributed by atoms with van der Waals surface area (Å²) in [5.74, 6) is 1.54. The van der Waals surface area contributed by atoms with E-state index in [9.17, 15) is 0 Å². The Morgan fingerprint density at radius 3 is 2.32 bits per heavy atom. The molecule has 3 aromatic rings. The third kappa shape index (κ3) is 4.41. The fourth-order valence-corrected chi connectivity index (χ4v) is 1.90. The molecule has 0 fully saturated rings. The van der Waals surface area contributed by atoms with Crippen molar-refractivity contribution in [1.82, 2.24) is 15.0 Å². The average Bonchev–Trinajstić information content (AvgIpc) is 2.48. The molecule has 3 heterocycles. The molecule has 1 N–H and O–H groups in total. The maximum absolute atomic E-state index is 4.55. The van der Waals surface area contributed by atoms with Gasteiger partial charge in [0, 0.05) is 12.4 Å². The molecule has 0 aliphatic rings. The monoisotopic (exact) mass is 334 g/mol. The van der Waals surface area contributed by atoms with Crippen LogP contribution in [0.4, 0.5) is 11.6 Å². The van der Waals surface area contributed by atoms with Crippen molar-refractivity contribution in [2.75, 3.05) is 5.32 Å². The van der Waals surface area contributed by atoms with E-state index < -0.39 is 0 Å². The third-order valence-electron chi connectivity index (χ3n) is 2.85. The number of rotatable bonds is 3. The molecular formula is C16H16Cl2N4. The molecular weight excluding hydrogens is 319 g/mol. The number of pyridine rings is 3. The van der Waals surface area contributed by atoms with Crippen molar-refractivity contribution in [3.8, 4) is 11.4 Å². The number of halogens is 2. The molecule has 0 aromatic carbocycles. The lowest BCUT2D eigenvalue weighted by Crippen LogP contribution is -1.97. The number of hydrogen-bond donors (Lipinski definition) is 1. The van der Waals surface area contributed by atoms with Crippen molar-refractivity contribution in [3.05, 3.63) is 66.5 Å². The first kappa shape index (κ1) is 17.9. The molecule has 0 aliphatic heterocycles. The molecule has 0 atom stereocenters. The summed E-state index contributed by atoms with van der Waals surface area (Å²) in [6.45, 7) is 2.03. The van der Waals surface area contributed by atoms with Crippen LogP contribution in [0.3, 0.4) is 0 Å². The summed E-state index contributed by atoms with van der Waals surface area (Å²) in [6.07, 6.45) is 3.54. The molecule has 22 heavy (non-hydrogen) atoms. The molecule has 6 heteroatoms. The van der Waals surface area contributed by atoms with Crippen molar-refractivity contribution < 1.29 is 0 Å². The lowest BCUT2D eigenvalue weighted by molar-refractivity contribution is 1.22. The van der Waals surface area contributed by atoms with Gasteiger partial charge in [0.2, 0.25) is 0 Å². The molecule has 0 spiro atoms. The van der Waals surface area contributed by atoms with Crippen LogP contribution in [0, 0.1) is 6.92 Å². The van der Waals surface area contributed by atoms with Crippen LogP contribution in [0.1, 0.15) is 5.56 Å². The van der Waals surface area contributed by atoms with Crippen LogP contribution in [-0.4, -0.2) is 15.0 Å². The zero-order valence-corrected chi connectivity index (χ0v) is 13.6. The maximum Gasteiger partial charge on any atom is 0.132 e. The molecule has 0 bridgehead atoms. The van der Waals surface area contributed by atoms with Crippen LogP contribution in [0.25, 0.3) is 11.4 Å². The van der Waals surface area contributed by atoms with Gasteiger partial charge in [-0.05, 0) is 48.9 Å². The Morgan fingerprint density at radius 2 is 1.59 bits per heavy atom. The Bertz CT molecular complexity index is 720. The Balaban J connectivity index is 0.00000121. The SMILES string of the molecule is Cc1ccnc(Nc2cccc(-c3ccccn3)n2)c1.Cl.Cl. The van der Waals surface area contributed by atoms with E-state index in [0.29, 0.717) is 0 Å². The Kier molecular flexibility index (Phi) is 6.76. The minimum absolute atomic E-state index is 0. The quantitative estimate of drug-likeness (QED) is 0.769. The lowest BCUT2D eigenvalue weighted by Gasteiger charge is -2.07. The molecule has 3 aromatic heterocycles. The van der Waals surface area contributed by atoms with Crippen LogP contribution in [0.5, 0.6) is 0 Å². The molecule has 0 saturated heterocycles. The van der Waals surface area contributed by atoms with Crippen molar-refractivity contribution in [2.45, 2.75) is 6.92 Å². The van der Waals surface area contributed by atoms with Crippen molar-refractivity contribution >= 4 is 36.4 Å². The summed E-state index contributed by atoms with van der Waals surface area (Å²) >= 11 is 0. The second-order valence-electron chi connectivity index (χ2n) is 4.47. The zero-order valence-electron chi connectivity index (χ0n) is 11.9. The van der Waals surface area contributed by atoms with E-state index in [2.05, 4.69) is 20.3 Å². The normalized spacial score (nSPS) is 9.32. The highest BCUT2D eigenvalue weighted by molar-refractivity contribution is 5.85. The highest BCUT2D eigenvalue weighted by Gasteiger charge is 2.02. The first-order chi connectivity index (χ1) is 9.81. The van der Waals surface area contributed by atoms with Gasteiger partial charge < -0.3 is 5.32 Å². The van der Waals surface area contributed by atoms with E-state index in [-0.39, 0.29) is 24.8 Å². The average molecular weight is 335 g/mol.